The Morgan fingerprint density at radius 2 is 1.61 bits per heavy atom. The van der Waals surface area contributed by atoms with Gasteiger partial charge in [0.15, 0.2) is 0 Å². The van der Waals surface area contributed by atoms with Crippen LogP contribution in [-0.2, 0) is 14.8 Å². The molecule has 33 heavy (non-hydrogen) atoms. The Morgan fingerprint density at radius 3 is 2.15 bits per heavy atom. The smallest absolute Gasteiger partial charge is 0.264 e. The maximum absolute atomic E-state index is 13.5. The van der Waals surface area contributed by atoms with E-state index in [2.05, 4.69) is 5.32 Å². The Hall–Kier alpha value is -3.03. The number of benzene rings is 3. The molecular weight excluding hydrogens is 460 g/mol. The molecule has 0 aliphatic carbocycles. The number of rotatable bonds is 9. The van der Waals surface area contributed by atoms with Crippen molar-refractivity contribution in [3.8, 4) is 5.75 Å². The summed E-state index contributed by atoms with van der Waals surface area (Å²) in [6, 6.07) is 20.1. The average molecular weight is 487 g/mol. The third kappa shape index (κ3) is 6.06. The summed E-state index contributed by atoms with van der Waals surface area (Å²) in [6.07, 6.45) is 0.668. The van der Waals surface area contributed by atoms with Crippen LogP contribution in [-0.4, -0.2) is 28.0 Å². The van der Waals surface area contributed by atoms with E-state index in [1.165, 1.54) is 19.2 Å². The molecule has 0 radical (unpaired) electrons. The zero-order chi connectivity index (χ0) is 24.0. The fraction of sp³-hybridized carbons (Fsp3) is 0.240. The lowest BCUT2D eigenvalue weighted by Gasteiger charge is -2.26. The highest BCUT2D eigenvalue weighted by atomic mass is 35.5. The number of nitrogens with zero attached hydrogens (tertiary/aromatic N) is 1. The number of hydrogen-bond acceptors (Lipinski definition) is 4. The maximum atomic E-state index is 13.5. The molecule has 1 atom stereocenters. The van der Waals surface area contributed by atoms with E-state index in [0.717, 1.165) is 15.4 Å². The maximum Gasteiger partial charge on any atom is 0.264 e. The number of aryl methyl sites for hydroxylation is 1. The van der Waals surface area contributed by atoms with Gasteiger partial charge in [-0.05, 0) is 67.4 Å². The summed E-state index contributed by atoms with van der Waals surface area (Å²) < 4.78 is 33.2. The Balaban J connectivity index is 1.89. The first kappa shape index (κ1) is 24.6. The van der Waals surface area contributed by atoms with Gasteiger partial charge in [0.05, 0.1) is 23.7 Å². The van der Waals surface area contributed by atoms with Gasteiger partial charge in [-0.2, -0.15) is 0 Å². The van der Waals surface area contributed by atoms with Crippen LogP contribution in [0, 0.1) is 6.92 Å². The van der Waals surface area contributed by atoms with Gasteiger partial charge in [0.1, 0.15) is 12.3 Å². The highest BCUT2D eigenvalue weighted by Crippen LogP contribution is 2.26. The second-order valence-corrected chi connectivity index (χ2v) is 9.90. The second-order valence-electron chi connectivity index (χ2n) is 7.60. The van der Waals surface area contributed by atoms with Crippen molar-refractivity contribution in [1.29, 1.82) is 0 Å². The van der Waals surface area contributed by atoms with Crippen LogP contribution in [0.25, 0.3) is 0 Å². The Labute approximate surface area is 200 Å². The second kappa shape index (κ2) is 10.7. The topological polar surface area (TPSA) is 75.7 Å². The first-order valence-electron chi connectivity index (χ1n) is 10.5. The van der Waals surface area contributed by atoms with Crippen molar-refractivity contribution in [2.75, 3.05) is 18.0 Å². The van der Waals surface area contributed by atoms with Gasteiger partial charge in [0.2, 0.25) is 5.91 Å². The highest BCUT2D eigenvalue weighted by molar-refractivity contribution is 7.92. The molecule has 0 saturated carbocycles. The van der Waals surface area contributed by atoms with Crippen molar-refractivity contribution in [3.05, 3.63) is 88.9 Å². The van der Waals surface area contributed by atoms with Gasteiger partial charge in [-0.25, -0.2) is 8.42 Å². The van der Waals surface area contributed by atoms with Gasteiger partial charge >= 0.3 is 0 Å². The number of anilines is 1. The van der Waals surface area contributed by atoms with E-state index in [4.69, 9.17) is 16.3 Å². The van der Waals surface area contributed by atoms with Gasteiger partial charge in [0, 0.05) is 5.02 Å². The molecule has 0 bridgehead atoms. The van der Waals surface area contributed by atoms with Crippen LogP contribution in [0.15, 0.2) is 77.7 Å². The summed E-state index contributed by atoms with van der Waals surface area (Å²) in [7, 11) is -2.52. The molecule has 0 saturated heterocycles. The number of halogens is 1. The Morgan fingerprint density at radius 1 is 1.00 bits per heavy atom. The summed E-state index contributed by atoms with van der Waals surface area (Å²) in [5.41, 5.74) is 2.43. The van der Waals surface area contributed by atoms with Crippen molar-refractivity contribution >= 4 is 33.2 Å². The standard InChI is InChI=1S/C25H27ClN2O4S/c1-4-24(19-7-5-18(2)6-8-19)27-25(29)17-28(21-11-9-20(26)10-12-21)33(30,31)23-15-13-22(32-3)14-16-23/h5-16,24H,4,17H2,1-3H3,(H,27,29)/t24-/m0/s1. The molecule has 3 aromatic rings. The van der Waals surface area contributed by atoms with Crippen LogP contribution in [0.3, 0.4) is 0 Å². The summed E-state index contributed by atoms with van der Waals surface area (Å²) in [4.78, 5) is 13.1. The van der Waals surface area contributed by atoms with Gasteiger partial charge in [0.25, 0.3) is 10.0 Å². The van der Waals surface area contributed by atoms with Crippen LogP contribution in [0.5, 0.6) is 5.75 Å². The molecule has 1 amide bonds. The van der Waals surface area contributed by atoms with E-state index < -0.39 is 15.9 Å². The van der Waals surface area contributed by atoms with Crippen molar-refractivity contribution < 1.29 is 17.9 Å². The van der Waals surface area contributed by atoms with E-state index in [0.29, 0.717) is 22.9 Å². The molecule has 0 unspecified atom stereocenters. The third-order valence-corrected chi connectivity index (χ3v) is 7.31. The molecule has 0 aliphatic rings. The quantitative estimate of drug-likeness (QED) is 0.455. The lowest BCUT2D eigenvalue weighted by Crippen LogP contribution is -2.42. The molecule has 1 N–H and O–H groups in total. The zero-order valence-electron chi connectivity index (χ0n) is 18.8. The van der Waals surface area contributed by atoms with Crippen LogP contribution < -0.4 is 14.4 Å². The number of hydrogen-bond donors (Lipinski definition) is 1. The monoisotopic (exact) mass is 486 g/mol. The fourth-order valence-corrected chi connectivity index (χ4v) is 4.93. The average Bonchev–Trinajstić information content (AvgIpc) is 2.82. The van der Waals surface area contributed by atoms with E-state index in [1.807, 2.05) is 38.1 Å². The van der Waals surface area contributed by atoms with Crippen molar-refractivity contribution in [2.45, 2.75) is 31.2 Å². The molecular formula is C25H27ClN2O4S. The lowest BCUT2D eigenvalue weighted by atomic mass is 10.0. The summed E-state index contributed by atoms with van der Waals surface area (Å²) in [5, 5.41) is 3.43. The lowest BCUT2D eigenvalue weighted by molar-refractivity contribution is -0.120. The van der Waals surface area contributed by atoms with E-state index in [9.17, 15) is 13.2 Å². The molecule has 0 aliphatic heterocycles. The third-order valence-electron chi connectivity index (χ3n) is 5.27. The Bertz CT molecular complexity index is 1180. The molecule has 174 valence electrons. The SMILES string of the molecule is CC[C@H](NC(=O)CN(c1ccc(Cl)cc1)S(=O)(=O)c1ccc(OC)cc1)c1ccc(C)cc1. The minimum atomic E-state index is -4.03. The molecule has 3 rings (SSSR count). The largest absolute Gasteiger partial charge is 0.497 e. The van der Waals surface area contributed by atoms with Gasteiger partial charge in [-0.15, -0.1) is 0 Å². The van der Waals surface area contributed by atoms with Crippen LogP contribution in [0.1, 0.15) is 30.5 Å². The predicted molar refractivity (Wildman–Crippen MR) is 131 cm³/mol. The molecule has 3 aromatic carbocycles. The number of amides is 1. The number of carbonyl (C=O) groups is 1. The summed E-state index contributed by atoms with van der Waals surface area (Å²) >= 11 is 5.99. The van der Waals surface area contributed by atoms with E-state index in [1.54, 1.807) is 36.4 Å². The number of sulfonamides is 1. The number of ether oxygens (including phenoxy) is 1. The van der Waals surface area contributed by atoms with Crippen molar-refractivity contribution in [3.63, 3.8) is 0 Å². The van der Waals surface area contributed by atoms with Crippen LogP contribution >= 0.6 is 11.6 Å². The summed E-state index contributed by atoms with van der Waals surface area (Å²) in [5.74, 6) is 0.128. The van der Waals surface area contributed by atoms with Crippen LogP contribution in [0.2, 0.25) is 5.02 Å². The molecule has 0 fully saturated rings. The molecule has 0 spiro atoms. The Kier molecular flexibility index (Phi) is 8.00. The van der Waals surface area contributed by atoms with Crippen molar-refractivity contribution in [2.24, 2.45) is 0 Å². The van der Waals surface area contributed by atoms with Gasteiger partial charge in [-0.3, -0.25) is 9.10 Å². The minimum absolute atomic E-state index is 0.0524. The van der Waals surface area contributed by atoms with Crippen LogP contribution in [0.4, 0.5) is 5.69 Å². The first-order valence-corrected chi connectivity index (χ1v) is 12.3. The molecule has 8 heteroatoms. The fourth-order valence-electron chi connectivity index (χ4n) is 3.39. The zero-order valence-corrected chi connectivity index (χ0v) is 20.4. The van der Waals surface area contributed by atoms with Gasteiger partial charge < -0.3 is 10.1 Å². The molecule has 6 nitrogen and oxygen atoms in total. The van der Waals surface area contributed by atoms with E-state index >= 15 is 0 Å². The van der Waals surface area contributed by atoms with E-state index in [-0.39, 0.29) is 17.5 Å². The minimum Gasteiger partial charge on any atom is -0.497 e. The first-order chi connectivity index (χ1) is 15.7. The predicted octanol–water partition coefficient (Wildman–Crippen LogP) is 5.12. The molecule has 0 heterocycles. The molecule has 0 aromatic heterocycles. The summed E-state index contributed by atoms with van der Waals surface area (Å²) in [6.45, 7) is 3.59. The number of methoxy groups -OCH3 is 1. The highest BCUT2D eigenvalue weighted by Gasteiger charge is 2.28. The van der Waals surface area contributed by atoms with Gasteiger partial charge in [-0.1, -0.05) is 48.4 Å². The number of carbonyl (C=O) groups excluding carboxylic acids is 1. The number of nitrogens with one attached hydrogen (secondary N) is 1. The normalized spacial score (nSPS) is 12.1. The van der Waals surface area contributed by atoms with Crippen molar-refractivity contribution in [1.82, 2.24) is 5.32 Å².